The molecule has 0 saturated carbocycles. The molecule has 1 N–H and O–H groups in total. The lowest BCUT2D eigenvalue weighted by atomic mass is 9.88. The number of rotatable bonds is 3. The first kappa shape index (κ1) is 13.8. The number of carbonyl (C=O) groups is 1. The zero-order valence-corrected chi connectivity index (χ0v) is 11.5. The van der Waals surface area contributed by atoms with Crippen molar-refractivity contribution in [1.82, 2.24) is 0 Å². The largest absolute Gasteiger partial charge is 0.326 e. The van der Waals surface area contributed by atoms with Crippen LogP contribution in [0.25, 0.3) is 0 Å². The summed E-state index contributed by atoms with van der Waals surface area (Å²) in [5.74, 6) is 0.0813. The van der Waals surface area contributed by atoms with Crippen molar-refractivity contribution in [2.45, 2.75) is 41.0 Å². The molecule has 94 valence electrons. The van der Waals surface area contributed by atoms with E-state index in [1.165, 1.54) is 5.56 Å². The van der Waals surface area contributed by atoms with Crippen molar-refractivity contribution < 1.29 is 4.79 Å². The van der Waals surface area contributed by atoms with Crippen LogP contribution in [-0.2, 0) is 11.2 Å². The SMILES string of the molecule is CC(C)C(=O)Nc1ccc(CC(C)(C)C)cc1. The van der Waals surface area contributed by atoms with Crippen LogP contribution in [0.2, 0.25) is 0 Å². The van der Waals surface area contributed by atoms with Crippen LogP contribution in [-0.4, -0.2) is 5.91 Å². The molecule has 1 amide bonds. The number of benzene rings is 1. The van der Waals surface area contributed by atoms with Crippen molar-refractivity contribution in [2.24, 2.45) is 11.3 Å². The zero-order valence-electron chi connectivity index (χ0n) is 11.5. The average molecular weight is 233 g/mol. The lowest BCUT2D eigenvalue weighted by molar-refractivity contribution is -0.118. The van der Waals surface area contributed by atoms with Gasteiger partial charge >= 0.3 is 0 Å². The third kappa shape index (κ3) is 5.03. The number of hydrogen-bond acceptors (Lipinski definition) is 1. The number of hydrogen-bond donors (Lipinski definition) is 1. The van der Waals surface area contributed by atoms with Gasteiger partial charge in [0.15, 0.2) is 0 Å². The maximum absolute atomic E-state index is 11.5. The second kappa shape index (κ2) is 5.35. The third-order valence-corrected chi connectivity index (χ3v) is 2.48. The zero-order chi connectivity index (χ0) is 13.1. The Morgan fingerprint density at radius 2 is 1.71 bits per heavy atom. The summed E-state index contributed by atoms with van der Waals surface area (Å²) in [4.78, 5) is 11.5. The molecule has 0 unspecified atom stereocenters. The highest BCUT2D eigenvalue weighted by Gasteiger charge is 2.11. The summed E-state index contributed by atoms with van der Waals surface area (Å²) in [6, 6.07) is 8.12. The fourth-order valence-electron chi connectivity index (χ4n) is 1.60. The first-order valence-corrected chi connectivity index (χ1v) is 6.18. The minimum atomic E-state index is 0.0178. The highest BCUT2D eigenvalue weighted by Crippen LogP contribution is 2.21. The molecule has 0 aliphatic heterocycles. The van der Waals surface area contributed by atoms with E-state index >= 15 is 0 Å². The van der Waals surface area contributed by atoms with Crippen LogP contribution in [0.5, 0.6) is 0 Å². The van der Waals surface area contributed by atoms with E-state index in [0.717, 1.165) is 12.1 Å². The molecule has 0 atom stereocenters. The molecule has 0 fully saturated rings. The van der Waals surface area contributed by atoms with Crippen molar-refractivity contribution in [1.29, 1.82) is 0 Å². The molecule has 0 spiro atoms. The number of amides is 1. The Morgan fingerprint density at radius 1 is 1.18 bits per heavy atom. The molecular weight excluding hydrogens is 210 g/mol. The number of nitrogens with one attached hydrogen (secondary N) is 1. The van der Waals surface area contributed by atoms with Crippen LogP contribution in [0, 0.1) is 11.3 Å². The first-order chi connectivity index (χ1) is 7.78. The van der Waals surface area contributed by atoms with Crippen LogP contribution >= 0.6 is 0 Å². The predicted molar refractivity (Wildman–Crippen MR) is 73.1 cm³/mol. The third-order valence-electron chi connectivity index (χ3n) is 2.48. The maximum Gasteiger partial charge on any atom is 0.226 e. The van der Waals surface area contributed by atoms with Gasteiger partial charge in [-0.1, -0.05) is 46.8 Å². The molecule has 1 aromatic rings. The normalized spacial score (nSPS) is 11.6. The summed E-state index contributed by atoms with van der Waals surface area (Å²) in [6.45, 7) is 10.5. The first-order valence-electron chi connectivity index (χ1n) is 6.18. The molecular formula is C15H23NO. The Morgan fingerprint density at radius 3 is 2.12 bits per heavy atom. The van der Waals surface area contributed by atoms with Crippen LogP contribution in [0.1, 0.15) is 40.2 Å². The van der Waals surface area contributed by atoms with Gasteiger partial charge in [-0.05, 0) is 29.5 Å². The van der Waals surface area contributed by atoms with Gasteiger partial charge in [-0.2, -0.15) is 0 Å². The molecule has 2 nitrogen and oxygen atoms in total. The molecule has 1 aromatic carbocycles. The fraction of sp³-hybridized carbons (Fsp3) is 0.533. The highest BCUT2D eigenvalue weighted by atomic mass is 16.1. The Kier molecular flexibility index (Phi) is 4.33. The van der Waals surface area contributed by atoms with Gasteiger partial charge in [0.05, 0.1) is 0 Å². The van der Waals surface area contributed by atoms with Gasteiger partial charge in [0.2, 0.25) is 5.91 Å². The van der Waals surface area contributed by atoms with Gasteiger partial charge in [-0.15, -0.1) is 0 Å². The summed E-state index contributed by atoms with van der Waals surface area (Å²) < 4.78 is 0. The summed E-state index contributed by atoms with van der Waals surface area (Å²) in [7, 11) is 0. The van der Waals surface area contributed by atoms with Gasteiger partial charge in [0.1, 0.15) is 0 Å². The van der Waals surface area contributed by atoms with Crippen molar-refractivity contribution >= 4 is 11.6 Å². The molecule has 0 aliphatic carbocycles. The molecule has 1 rings (SSSR count). The van der Waals surface area contributed by atoms with Gasteiger partial charge in [-0.3, -0.25) is 4.79 Å². The molecule has 0 radical (unpaired) electrons. The van der Waals surface area contributed by atoms with Gasteiger partial charge in [0, 0.05) is 11.6 Å². The van der Waals surface area contributed by atoms with Crippen LogP contribution < -0.4 is 5.32 Å². The monoisotopic (exact) mass is 233 g/mol. The Labute approximate surface area is 104 Å². The Balaban J connectivity index is 2.65. The lowest BCUT2D eigenvalue weighted by Gasteiger charge is -2.18. The fourth-order valence-corrected chi connectivity index (χ4v) is 1.60. The van der Waals surface area contributed by atoms with E-state index in [0.29, 0.717) is 5.41 Å². The van der Waals surface area contributed by atoms with Crippen LogP contribution in [0.3, 0.4) is 0 Å². The number of anilines is 1. The van der Waals surface area contributed by atoms with E-state index in [9.17, 15) is 4.79 Å². The summed E-state index contributed by atoms with van der Waals surface area (Å²) >= 11 is 0. The average Bonchev–Trinajstić information content (AvgIpc) is 2.18. The standard InChI is InChI=1S/C15H23NO/c1-11(2)14(17)16-13-8-6-12(7-9-13)10-15(3,4)5/h6-9,11H,10H2,1-5H3,(H,16,17). The molecule has 0 saturated heterocycles. The molecule has 0 aromatic heterocycles. The van der Waals surface area contributed by atoms with Crippen molar-refractivity contribution in [2.75, 3.05) is 5.32 Å². The predicted octanol–water partition coefficient (Wildman–Crippen LogP) is 3.87. The van der Waals surface area contributed by atoms with Crippen LogP contribution in [0.15, 0.2) is 24.3 Å². The summed E-state index contributed by atoms with van der Waals surface area (Å²) in [6.07, 6.45) is 1.05. The maximum atomic E-state index is 11.5. The minimum absolute atomic E-state index is 0.0178. The Hall–Kier alpha value is -1.31. The molecule has 0 bridgehead atoms. The van der Waals surface area contributed by atoms with Crippen molar-refractivity contribution in [3.05, 3.63) is 29.8 Å². The number of carbonyl (C=O) groups excluding carboxylic acids is 1. The molecule has 2 heteroatoms. The summed E-state index contributed by atoms with van der Waals surface area (Å²) in [5.41, 5.74) is 2.48. The molecule has 0 aliphatic rings. The highest BCUT2D eigenvalue weighted by molar-refractivity contribution is 5.91. The van der Waals surface area contributed by atoms with E-state index < -0.39 is 0 Å². The van der Waals surface area contributed by atoms with E-state index in [1.54, 1.807) is 0 Å². The quantitative estimate of drug-likeness (QED) is 0.843. The van der Waals surface area contributed by atoms with Crippen molar-refractivity contribution in [3.8, 4) is 0 Å². The van der Waals surface area contributed by atoms with Gasteiger partial charge < -0.3 is 5.32 Å². The van der Waals surface area contributed by atoms with Gasteiger partial charge in [0.25, 0.3) is 0 Å². The summed E-state index contributed by atoms with van der Waals surface area (Å²) in [5, 5.41) is 2.89. The van der Waals surface area contributed by atoms with E-state index in [2.05, 4.69) is 38.2 Å². The lowest BCUT2D eigenvalue weighted by Crippen LogP contribution is -2.17. The Bertz CT molecular complexity index is 371. The second-order valence-electron chi connectivity index (χ2n) is 6.08. The van der Waals surface area contributed by atoms with Crippen molar-refractivity contribution in [3.63, 3.8) is 0 Å². The van der Waals surface area contributed by atoms with Crippen LogP contribution in [0.4, 0.5) is 5.69 Å². The van der Waals surface area contributed by atoms with E-state index in [4.69, 9.17) is 0 Å². The van der Waals surface area contributed by atoms with E-state index in [-0.39, 0.29) is 11.8 Å². The minimum Gasteiger partial charge on any atom is -0.326 e. The van der Waals surface area contributed by atoms with Gasteiger partial charge in [-0.25, -0.2) is 0 Å². The topological polar surface area (TPSA) is 29.1 Å². The van der Waals surface area contributed by atoms with E-state index in [1.807, 2.05) is 26.0 Å². The molecule has 0 heterocycles. The molecule has 17 heavy (non-hydrogen) atoms. The second-order valence-corrected chi connectivity index (χ2v) is 6.08. The smallest absolute Gasteiger partial charge is 0.226 e.